The highest BCUT2D eigenvalue weighted by molar-refractivity contribution is 6.30. The van der Waals surface area contributed by atoms with Crippen LogP contribution in [0.4, 0.5) is 0 Å². The zero-order valence-electron chi connectivity index (χ0n) is 18.5. The van der Waals surface area contributed by atoms with E-state index in [2.05, 4.69) is 9.88 Å². The van der Waals surface area contributed by atoms with Crippen LogP contribution in [0, 0.1) is 0 Å². The lowest BCUT2D eigenvalue weighted by Gasteiger charge is -2.11. The van der Waals surface area contributed by atoms with Crippen LogP contribution < -0.4 is 14.8 Å². The Hall–Kier alpha value is -2.99. The van der Waals surface area contributed by atoms with Crippen molar-refractivity contribution in [2.75, 3.05) is 20.8 Å². The molecule has 0 unspecified atom stereocenters. The van der Waals surface area contributed by atoms with Crippen LogP contribution in [0.3, 0.4) is 0 Å². The molecule has 7 heteroatoms. The first-order valence-corrected chi connectivity index (χ1v) is 11.3. The number of amides is 1. The number of hydrogen-bond acceptors (Lipinski definition) is 4. The van der Waals surface area contributed by atoms with Crippen molar-refractivity contribution >= 4 is 17.5 Å². The second-order valence-electron chi connectivity index (χ2n) is 7.88. The molecular formula is C25H28ClN3O3. The van der Waals surface area contributed by atoms with Gasteiger partial charge in [-0.2, -0.15) is 0 Å². The lowest BCUT2D eigenvalue weighted by atomic mass is 10.1. The fourth-order valence-electron chi connectivity index (χ4n) is 4.19. The molecular weight excluding hydrogens is 426 g/mol. The van der Waals surface area contributed by atoms with Gasteiger partial charge in [-0.3, -0.25) is 4.79 Å². The summed E-state index contributed by atoms with van der Waals surface area (Å²) in [6.45, 7) is 1.35. The number of rotatable bonds is 7. The molecule has 3 aromatic rings. The lowest BCUT2D eigenvalue weighted by Crippen LogP contribution is -2.27. The van der Waals surface area contributed by atoms with Crippen LogP contribution in [0.15, 0.2) is 42.5 Å². The number of carbonyl (C=O) groups is 1. The summed E-state index contributed by atoms with van der Waals surface area (Å²) in [5.74, 6) is 2.23. The zero-order valence-corrected chi connectivity index (χ0v) is 19.2. The third-order valence-corrected chi connectivity index (χ3v) is 6.10. The van der Waals surface area contributed by atoms with Crippen molar-refractivity contribution in [3.63, 3.8) is 0 Å². The van der Waals surface area contributed by atoms with Gasteiger partial charge in [0.15, 0.2) is 0 Å². The maximum Gasteiger partial charge on any atom is 0.271 e. The standard InChI is InChI=1S/C25H28ClN3O3/c1-31-20-11-12-22(32-2)18(16-20)13-14-27-25(30)23-21-6-4-3-5-15-29(21)24(28-23)17-7-9-19(26)10-8-17/h7-12,16H,3-6,13-15H2,1-2H3,(H,27,30). The van der Waals surface area contributed by atoms with E-state index in [-0.39, 0.29) is 5.91 Å². The molecule has 1 aliphatic rings. The minimum absolute atomic E-state index is 0.141. The quantitative estimate of drug-likeness (QED) is 0.551. The number of fused-ring (bicyclic) bond motifs is 1. The third-order valence-electron chi connectivity index (χ3n) is 5.85. The number of benzene rings is 2. The number of aromatic nitrogens is 2. The monoisotopic (exact) mass is 453 g/mol. The van der Waals surface area contributed by atoms with E-state index in [9.17, 15) is 4.79 Å². The van der Waals surface area contributed by atoms with Crippen molar-refractivity contribution in [1.29, 1.82) is 0 Å². The Bertz CT molecular complexity index is 1090. The van der Waals surface area contributed by atoms with Crippen LogP contribution in [0.25, 0.3) is 11.4 Å². The molecule has 32 heavy (non-hydrogen) atoms. The third kappa shape index (κ3) is 4.75. The smallest absolute Gasteiger partial charge is 0.271 e. The summed E-state index contributed by atoms with van der Waals surface area (Å²) in [6.07, 6.45) is 4.78. The first kappa shape index (κ1) is 22.2. The van der Waals surface area contributed by atoms with Crippen LogP contribution in [0.2, 0.25) is 5.02 Å². The van der Waals surface area contributed by atoms with E-state index >= 15 is 0 Å². The van der Waals surface area contributed by atoms with Crippen molar-refractivity contribution in [3.8, 4) is 22.9 Å². The summed E-state index contributed by atoms with van der Waals surface area (Å²) < 4.78 is 13.0. The minimum atomic E-state index is -0.141. The van der Waals surface area contributed by atoms with E-state index in [4.69, 9.17) is 26.1 Å². The van der Waals surface area contributed by atoms with Gasteiger partial charge in [0.25, 0.3) is 5.91 Å². The van der Waals surface area contributed by atoms with Gasteiger partial charge >= 0.3 is 0 Å². The summed E-state index contributed by atoms with van der Waals surface area (Å²) in [5.41, 5.74) is 3.49. The van der Waals surface area contributed by atoms with Crippen LogP contribution in [-0.2, 0) is 19.4 Å². The largest absolute Gasteiger partial charge is 0.497 e. The molecule has 0 bridgehead atoms. The summed E-state index contributed by atoms with van der Waals surface area (Å²) in [4.78, 5) is 17.9. The molecule has 0 fully saturated rings. The van der Waals surface area contributed by atoms with Crippen LogP contribution in [-0.4, -0.2) is 36.2 Å². The fraction of sp³-hybridized carbons (Fsp3) is 0.360. The number of nitrogens with one attached hydrogen (secondary N) is 1. The van der Waals surface area contributed by atoms with Crippen LogP contribution in [0.5, 0.6) is 11.5 Å². The van der Waals surface area contributed by atoms with Gasteiger partial charge in [-0.1, -0.05) is 18.0 Å². The van der Waals surface area contributed by atoms with Crippen molar-refractivity contribution in [3.05, 3.63) is 64.4 Å². The zero-order chi connectivity index (χ0) is 22.5. The number of methoxy groups -OCH3 is 2. The Balaban J connectivity index is 1.54. The second kappa shape index (κ2) is 10.1. The van der Waals surface area contributed by atoms with Gasteiger partial charge in [0.05, 0.1) is 19.9 Å². The molecule has 0 saturated heterocycles. The van der Waals surface area contributed by atoms with E-state index in [0.717, 1.165) is 66.4 Å². The number of hydrogen-bond donors (Lipinski definition) is 1. The van der Waals surface area contributed by atoms with Gasteiger partial charge in [-0.25, -0.2) is 4.98 Å². The predicted molar refractivity (Wildman–Crippen MR) is 126 cm³/mol. The van der Waals surface area contributed by atoms with E-state index in [0.29, 0.717) is 23.7 Å². The Morgan fingerprint density at radius 2 is 1.91 bits per heavy atom. The Labute approximate surface area is 193 Å². The average Bonchev–Trinajstić information content (AvgIpc) is 3.00. The fourth-order valence-corrected chi connectivity index (χ4v) is 4.32. The van der Waals surface area contributed by atoms with E-state index < -0.39 is 0 Å². The normalized spacial score (nSPS) is 13.2. The molecule has 0 atom stereocenters. The van der Waals surface area contributed by atoms with Gasteiger partial charge in [0.2, 0.25) is 0 Å². The Morgan fingerprint density at radius 3 is 2.66 bits per heavy atom. The second-order valence-corrected chi connectivity index (χ2v) is 8.32. The molecule has 1 aliphatic heterocycles. The first-order valence-electron chi connectivity index (χ1n) is 10.9. The predicted octanol–water partition coefficient (Wildman–Crippen LogP) is 4.92. The highest BCUT2D eigenvalue weighted by Gasteiger charge is 2.24. The number of ether oxygens (including phenoxy) is 2. The molecule has 1 N–H and O–H groups in total. The molecule has 0 aliphatic carbocycles. The molecule has 1 aromatic heterocycles. The summed E-state index contributed by atoms with van der Waals surface area (Å²) >= 11 is 6.06. The molecule has 0 saturated carbocycles. The highest BCUT2D eigenvalue weighted by Crippen LogP contribution is 2.28. The Morgan fingerprint density at radius 1 is 1.09 bits per heavy atom. The van der Waals surface area contributed by atoms with Crippen molar-refractivity contribution in [2.45, 2.75) is 38.6 Å². The van der Waals surface area contributed by atoms with E-state index in [1.165, 1.54) is 0 Å². The molecule has 6 nitrogen and oxygen atoms in total. The highest BCUT2D eigenvalue weighted by atomic mass is 35.5. The van der Waals surface area contributed by atoms with Gasteiger partial charge in [0.1, 0.15) is 23.0 Å². The molecule has 2 aromatic carbocycles. The maximum absolute atomic E-state index is 13.1. The van der Waals surface area contributed by atoms with Crippen LogP contribution in [0.1, 0.15) is 41.0 Å². The first-order chi connectivity index (χ1) is 15.6. The van der Waals surface area contributed by atoms with Gasteiger partial charge in [-0.05, 0) is 73.7 Å². The van der Waals surface area contributed by atoms with E-state index in [1.54, 1.807) is 14.2 Å². The molecule has 4 rings (SSSR count). The summed E-state index contributed by atoms with van der Waals surface area (Å²) in [5, 5.41) is 3.73. The number of imidazole rings is 1. The number of halogens is 1. The average molecular weight is 454 g/mol. The molecule has 0 radical (unpaired) electrons. The number of nitrogens with zero attached hydrogens (tertiary/aromatic N) is 2. The molecule has 0 spiro atoms. The van der Waals surface area contributed by atoms with Gasteiger partial charge < -0.3 is 19.4 Å². The van der Waals surface area contributed by atoms with Gasteiger partial charge in [-0.15, -0.1) is 0 Å². The minimum Gasteiger partial charge on any atom is -0.497 e. The topological polar surface area (TPSA) is 65.4 Å². The van der Waals surface area contributed by atoms with Crippen molar-refractivity contribution in [1.82, 2.24) is 14.9 Å². The Kier molecular flexibility index (Phi) is 7.00. The van der Waals surface area contributed by atoms with Gasteiger partial charge in [0, 0.05) is 23.7 Å². The summed E-state index contributed by atoms with van der Waals surface area (Å²) in [7, 11) is 3.28. The number of carbonyl (C=O) groups excluding carboxylic acids is 1. The van der Waals surface area contributed by atoms with Crippen molar-refractivity contribution in [2.24, 2.45) is 0 Å². The summed E-state index contributed by atoms with van der Waals surface area (Å²) in [6, 6.07) is 13.3. The maximum atomic E-state index is 13.1. The lowest BCUT2D eigenvalue weighted by molar-refractivity contribution is 0.0948. The molecule has 1 amide bonds. The SMILES string of the molecule is COc1ccc(OC)c(CCNC(=O)c2nc(-c3ccc(Cl)cc3)n3c2CCCCC3)c1. The van der Waals surface area contributed by atoms with E-state index in [1.807, 2.05) is 42.5 Å². The molecule has 2 heterocycles. The molecule has 168 valence electrons. The van der Waals surface area contributed by atoms with Crippen LogP contribution >= 0.6 is 11.6 Å². The van der Waals surface area contributed by atoms with Crippen molar-refractivity contribution < 1.29 is 14.3 Å².